The molecule has 1 amide bonds. The third-order valence-corrected chi connectivity index (χ3v) is 5.85. The van der Waals surface area contributed by atoms with Gasteiger partial charge >= 0.3 is 0 Å². The van der Waals surface area contributed by atoms with Crippen molar-refractivity contribution < 1.29 is 14.3 Å². The molecule has 2 atom stereocenters. The average molecular weight is 375 g/mol. The number of hydrogen-bond donors (Lipinski definition) is 2. The molecule has 5 heteroatoms. The van der Waals surface area contributed by atoms with Gasteiger partial charge in [-0.15, -0.1) is 0 Å². The average Bonchev–Trinajstić information content (AvgIpc) is 3.30. The van der Waals surface area contributed by atoms with E-state index in [-0.39, 0.29) is 24.3 Å². The van der Waals surface area contributed by atoms with Crippen LogP contribution in [0.4, 0.5) is 0 Å². The van der Waals surface area contributed by atoms with Gasteiger partial charge in [0, 0.05) is 6.04 Å². The van der Waals surface area contributed by atoms with Gasteiger partial charge in [0.15, 0.2) is 11.5 Å². The number of nitrogens with one attached hydrogen (secondary N) is 2. The van der Waals surface area contributed by atoms with Crippen LogP contribution in [-0.4, -0.2) is 24.9 Å². The molecule has 5 nitrogen and oxygen atoms in total. The van der Waals surface area contributed by atoms with E-state index < -0.39 is 5.41 Å². The summed E-state index contributed by atoms with van der Waals surface area (Å²) in [4.78, 5) is 13.2. The molecule has 27 heavy (non-hydrogen) atoms. The summed E-state index contributed by atoms with van der Waals surface area (Å²) in [5.41, 5.74) is 0.765. The Hall–Kier alpha value is -1.75. The van der Waals surface area contributed by atoms with Crippen molar-refractivity contribution in [3.63, 3.8) is 0 Å². The number of rotatable bonds is 8. The number of carbonyl (C=O) groups excluding carboxylic acids is 1. The Labute approximate surface area is 163 Å². The van der Waals surface area contributed by atoms with E-state index in [2.05, 4.69) is 45.3 Å². The minimum Gasteiger partial charge on any atom is -0.454 e. The van der Waals surface area contributed by atoms with Gasteiger partial charge in [0.25, 0.3) is 0 Å². The second-order valence-electron chi connectivity index (χ2n) is 8.96. The molecule has 0 spiro atoms. The molecule has 2 N–H and O–H groups in total. The van der Waals surface area contributed by atoms with Crippen molar-refractivity contribution in [3.05, 3.63) is 23.8 Å². The smallest absolute Gasteiger partial charge is 0.231 e. The Bertz CT molecular complexity index is 677. The largest absolute Gasteiger partial charge is 0.454 e. The SMILES string of the molecule is CCCC(NC(CC)NC(=O)C1(c2ccc3c(c2)OCO3)CC1)C(C)(C)C. The summed E-state index contributed by atoms with van der Waals surface area (Å²) in [6.07, 6.45) is 4.84. The number of fused-ring (bicyclic) bond motifs is 1. The lowest BCUT2D eigenvalue weighted by Crippen LogP contribution is -2.54. The van der Waals surface area contributed by atoms with E-state index in [0.29, 0.717) is 6.04 Å². The first-order valence-electron chi connectivity index (χ1n) is 10.3. The van der Waals surface area contributed by atoms with Crippen molar-refractivity contribution in [2.24, 2.45) is 5.41 Å². The zero-order valence-electron chi connectivity index (χ0n) is 17.4. The molecule has 1 aliphatic carbocycles. The summed E-state index contributed by atoms with van der Waals surface area (Å²) in [7, 11) is 0. The minimum atomic E-state index is -0.419. The number of hydrogen-bond acceptors (Lipinski definition) is 4. The molecule has 0 saturated heterocycles. The topological polar surface area (TPSA) is 59.6 Å². The van der Waals surface area contributed by atoms with E-state index in [4.69, 9.17) is 9.47 Å². The van der Waals surface area contributed by atoms with E-state index in [0.717, 1.165) is 49.2 Å². The molecule has 2 unspecified atom stereocenters. The maximum Gasteiger partial charge on any atom is 0.231 e. The number of carbonyl (C=O) groups is 1. The van der Waals surface area contributed by atoms with Crippen LogP contribution in [0, 0.1) is 5.41 Å². The third kappa shape index (κ3) is 4.23. The fourth-order valence-corrected chi connectivity index (χ4v) is 3.82. The molecule has 0 bridgehead atoms. The van der Waals surface area contributed by atoms with Crippen LogP contribution in [-0.2, 0) is 10.2 Å². The summed E-state index contributed by atoms with van der Waals surface area (Å²) in [5, 5.41) is 6.97. The Morgan fingerprint density at radius 1 is 1.19 bits per heavy atom. The third-order valence-electron chi connectivity index (χ3n) is 5.85. The van der Waals surface area contributed by atoms with Gasteiger partial charge < -0.3 is 14.8 Å². The van der Waals surface area contributed by atoms with E-state index in [1.165, 1.54) is 0 Å². The highest BCUT2D eigenvalue weighted by Crippen LogP contribution is 2.50. The lowest BCUT2D eigenvalue weighted by molar-refractivity contribution is -0.124. The molecular weight excluding hydrogens is 340 g/mol. The highest BCUT2D eigenvalue weighted by atomic mass is 16.7. The maximum atomic E-state index is 13.2. The summed E-state index contributed by atoms with van der Waals surface area (Å²) in [5.74, 6) is 1.62. The lowest BCUT2D eigenvalue weighted by Gasteiger charge is -2.35. The monoisotopic (exact) mass is 374 g/mol. The molecule has 1 fully saturated rings. The molecule has 0 radical (unpaired) electrons. The van der Waals surface area contributed by atoms with Crippen LogP contribution in [0.1, 0.15) is 72.3 Å². The van der Waals surface area contributed by atoms with Crippen molar-refractivity contribution >= 4 is 5.91 Å². The number of amides is 1. The Kier molecular flexibility index (Phi) is 5.71. The molecule has 3 rings (SSSR count). The van der Waals surface area contributed by atoms with Crippen LogP contribution in [0.25, 0.3) is 0 Å². The lowest BCUT2D eigenvalue weighted by atomic mass is 9.84. The number of ether oxygens (including phenoxy) is 2. The summed E-state index contributed by atoms with van der Waals surface area (Å²) in [6, 6.07) is 6.26. The van der Waals surface area contributed by atoms with Gasteiger partial charge in [-0.1, -0.05) is 47.1 Å². The van der Waals surface area contributed by atoms with Gasteiger partial charge in [0.05, 0.1) is 11.6 Å². The first-order chi connectivity index (χ1) is 12.8. The molecule has 0 aromatic heterocycles. The fraction of sp³-hybridized carbons (Fsp3) is 0.682. The fourth-order valence-electron chi connectivity index (χ4n) is 3.82. The van der Waals surface area contributed by atoms with Gasteiger partial charge in [-0.2, -0.15) is 0 Å². The molecule has 1 heterocycles. The molecule has 1 aromatic carbocycles. The first kappa shape index (κ1) is 20.0. The Morgan fingerprint density at radius 3 is 2.48 bits per heavy atom. The molecule has 1 aliphatic heterocycles. The molecular formula is C22H34N2O3. The Balaban J connectivity index is 1.69. The Morgan fingerprint density at radius 2 is 1.89 bits per heavy atom. The van der Waals surface area contributed by atoms with Crippen LogP contribution in [0.5, 0.6) is 11.5 Å². The molecule has 150 valence electrons. The quantitative estimate of drug-likeness (QED) is 0.673. The standard InChI is InChI=1S/C22H34N2O3/c1-6-8-18(21(3,4)5)23-19(7-2)24-20(25)22(11-12-22)15-9-10-16-17(13-15)27-14-26-16/h9-10,13,18-19,23H,6-8,11-12,14H2,1-5H3,(H,24,25). The van der Waals surface area contributed by atoms with Crippen molar-refractivity contribution in [3.8, 4) is 11.5 Å². The van der Waals surface area contributed by atoms with Gasteiger partial charge in [0.1, 0.15) is 0 Å². The van der Waals surface area contributed by atoms with E-state index in [9.17, 15) is 4.79 Å². The van der Waals surface area contributed by atoms with E-state index in [1.54, 1.807) is 0 Å². The minimum absolute atomic E-state index is 0.0141. The molecule has 1 saturated carbocycles. The predicted molar refractivity (Wildman–Crippen MR) is 107 cm³/mol. The van der Waals surface area contributed by atoms with E-state index >= 15 is 0 Å². The van der Waals surface area contributed by atoms with Crippen molar-refractivity contribution in [1.82, 2.24) is 10.6 Å². The summed E-state index contributed by atoms with van der Waals surface area (Å²) >= 11 is 0. The second kappa shape index (κ2) is 7.70. The van der Waals surface area contributed by atoms with Gasteiger partial charge in [-0.05, 0) is 48.8 Å². The highest BCUT2D eigenvalue weighted by Gasteiger charge is 2.52. The zero-order chi connectivity index (χ0) is 19.7. The van der Waals surface area contributed by atoms with Crippen molar-refractivity contribution in [2.75, 3.05) is 6.79 Å². The van der Waals surface area contributed by atoms with Crippen LogP contribution >= 0.6 is 0 Å². The van der Waals surface area contributed by atoms with Crippen LogP contribution in [0.2, 0.25) is 0 Å². The van der Waals surface area contributed by atoms with Crippen LogP contribution in [0.3, 0.4) is 0 Å². The maximum absolute atomic E-state index is 13.2. The molecule has 1 aromatic rings. The van der Waals surface area contributed by atoms with Gasteiger partial charge in [-0.25, -0.2) is 0 Å². The second-order valence-corrected chi connectivity index (χ2v) is 8.96. The molecule has 2 aliphatic rings. The van der Waals surface area contributed by atoms with Gasteiger partial charge in [0.2, 0.25) is 12.7 Å². The van der Waals surface area contributed by atoms with E-state index in [1.807, 2.05) is 18.2 Å². The predicted octanol–water partition coefficient (Wildman–Crippen LogP) is 4.10. The van der Waals surface area contributed by atoms with Gasteiger partial charge in [-0.3, -0.25) is 10.1 Å². The van der Waals surface area contributed by atoms with Crippen molar-refractivity contribution in [2.45, 2.75) is 84.3 Å². The van der Waals surface area contributed by atoms with Crippen molar-refractivity contribution in [1.29, 1.82) is 0 Å². The number of benzene rings is 1. The zero-order valence-corrected chi connectivity index (χ0v) is 17.4. The summed E-state index contributed by atoms with van der Waals surface area (Å²) in [6.45, 7) is 11.3. The summed E-state index contributed by atoms with van der Waals surface area (Å²) < 4.78 is 10.9. The first-order valence-corrected chi connectivity index (χ1v) is 10.3. The normalized spacial score (nSPS) is 19.4. The van der Waals surface area contributed by atoms with Crippen LogP contribution in [0.15, 0.2) is 18.2 Å². The highest BCUT2D eigenvalue weighted by molar-refractivity contribution is 5.91. The van der Waals surface area contributed by atoms with Crippen LogP contribution < -0.4 is 20.1 Å².